The summed E-state index contributed by atoms with van der Waals surface area (Å²) in [5, 5.41) is 2.19. The van der Waals surface area contributed by atoms with E-state index in [2.05, 4.69) is 27.9 Å². The van der Waals surface area contributed by atoms with Gasteiger partial charge in [0, 0.05) is 11.3 Å². The molecule has 1 fully saturated rings. The number of benzene rings is 3. The van der Waals surface area contributed by atoms with E-state index in [0.717, 1.165) is 28.6 Å². The normalized spacial score (nSPS) is 14.2. The van der Waals surface area contributed by atoms with Gasteiger partial charge < -0.3 is 14.8 Å². The van der Waals surface area contributed by atoms with Crippen molar-refractivity contribution in [2.24, 2.45) is 0 Å². The summed E-state index contributed by atoms with van der Waals surface area (Å²) in [5.41, 5.74) is 2.74. The summed E-state index contributed by atoms with van der Waals surface area (Å²) < 4.78 is 26.0. The largest absolute Gasteiger partial charge is 0.493 e. The van der Waals surface area contributed by atoms with E-state index >= 15 is 0 Å². The van der Waals surface area contributed by atoms with Gasteiger partial charge in [-0.25, -0.2) is 4.39 Å². The number of halogens is 2. The van der Waals surface area contributed by atoms with Gasteiger partial charge in [0.1, 0.15) is 19.0 Å². The van der Waals surface area contributed by atoms with E-state index in [1.807, 2.05) is 19.1 Å². The van der Waals surface area contributed by atoms with Gasteiger partial charge in [-0.15, -0.1) is 0 Å². The number of thioether (sulfide) groups is 1. The molecule has 0 bridgehead atoms. The Hall–Kier alpha value is -3.38. The predicted molar refractivity (Wildman–Crippen MR) is 154 cm³/mol. The second-order valence-corrected chi connectivity index (χ2v) is 10.4. The van der Waals surface area contributed by atoms with E-state index < -0.39 is 17.1 Å². The van der Waals surface area contributed by atoms with Crippen molar-refractivity contribution in [3.05, 3.63) is 91.6 Å². The quantitative estimate of drug-likeness (QED) is 0.219. The third-order valence-corrected chi connectivity index (χ3v) is 7.41. The predicted octanol–water partition coefficient (Wildman–Crippen LogP) is 6.26. The minimum Gasteiger partial charge on any atom is -0.493 e. The van der Waals surface area contributed by atoms with Crippen LogP contribution in [0.15, 0.2) is 65.6 Å². The monoisotopic (exact) mass is 646 g/mol. The van der Waals surface area contributed by atoms with Crippen LogP contribution in [0.25, 0.3) is 6.08 Å². The molecule has 7 nitrogen and oxygen atoms in total. The minimum absolute atomic E-state index is 0.0160. The first-order valence-electron chi connectivity index (χ1n) is 11.7. The molecule has 3 amide bonds. The highest BCUT2D eigenvalue weighted by Gasteiger charge is 2.36. The number of nitrogens with one attached hydrogen (secondary N) is 1. The maximum absolute atomic E-state index is 14.0. The van der Waals surface area contributed by atoms with Crippen LogP contribution in [0.2, 0.25) is 0 Å². The Morgan fingerprint density at radius 2 is 1.87 bits per heavy atom. The van der Waals surface area contributed by atoms with Crippen LogP contribution in [0.4, 0.5) is 14.9 Å². The Morgan fingerprint density at radius 3 is 2.55 bits per heavy atom. The lowest BCUT2D eigenvalue weighted by Crippen LogP contribution is -2.36. The summed E-state index contributed by atoms with van der Waals surface area (Å²) in [6.07, 6.45) is 2.45. The molecular weight excluding hydrogens is 622 g/mol. The Bertz CT molecular complexity index is 1410. The molecule has 0 saturated carbocycles. The molecule has 0 radical (unpaired) electrons. The van der Waals surface area contributed by atoms with Crippen molar-refractivity contribution in [3.63, 3.8) is 0 Å². The number of ether oxygens (including phenoxy) is 2. The van der Waals surface area contributed by atoms with Crippen LogP contribution in [-0.4, -0.2) is 35.6 Å². The summed E-state index contributed by atoms with van der Waals surface area (Å²) in [6.45, 7) is 1.66. The molecule has 1 aliphatic rings. The molecule has 3 aromatic carbocycles. The number of nitrogens with zero attached hydrogens (tertiary/aromatic N) is 1. The average Bonchev–Trinajstić information content (AvgIpc) is 3.16. The standard InChI is InChI=1S/C28H24FIN2O5S/c1-3-17-8-10-20(11-9-17)31-25(33)15-32-27(34)24(38-28(32)35)14-18-12-22(30)26(23(13-18)36-2)37-16-19-6-4-5-7-21(19)29/h4-14H,3,15-16H2,1-2H3,(H,31,33)/b24-14+. The number of anilines is 1. The molecule has 1 saturated heterocycles. The second-order valence-electron chi connectivity index (χ2n) is 8.28. The van der Waals surface area contributed by atoms with Gasteiger partial charge in [-0.1, -0.05) is 37.3 Å². The van der Waals surface area contributed by atoms with E-state index in [1.54, 1.807) is 48.5 Å². The smallest absolute Gasteiger partial charge is 0.294 e. The van der Waals surface area contributed by atoms with Crippen molar-refractivity contribution in [1.82, 2.24) is 4.90 Å². The van der Waals surface area contributed by atoms with Crippen LogP contribution in [0.3, 0.4) is 0 Å². The van der Waals surface area contributed by atoms with Crippen LogP contribution < -0.4 is 14.8 Å². The number of imide groups is 1. The first-order chi connectivity index (χ1) is 18.3. The molecule has 0 atom stereocenters. The molecule has 0 aliphatic carbocycles. The van der Waals surface area contributed by atoms with Crippen molar-refractivity contribution in [2.45, 2.75) is 20.0 Å². The van der Waals surface area contributed by atoms with Crippen LogP contribution >= 0.6 is 34.4 Å². The Labute approximate surface area is 237 Å². The Balaban J connectivity index is 1.46. The van der Waals surface area contributed by atoms with Gasteiger partial charge in [-0.2, -0.15) is 0 Å². The highest BCUT2D eigenvalue weighted by Crippen LogP contribution is 2.37. The maximum atomic E-state index is 14.0. The fourth-order valence-electron chi connectivity index (χ4n) is 3.68. The molecule has 0 aromatic heterocycles. The number of aryl methyl sites for hydroxylation is 1. The zero-order chi connectivity index (χ0) is 27.2. The zero-order valence-electron chi connectivity index (χ0n) is 20.6. The Kier molecular flexibility index (Phi) is 9.05. The summed E-state index contributed by atoms with van der Waals surface area (Å²) in [7, 11) is 1.48. The van der Waals surface area contributed by atoms with E-state index in [-0.39, 0.29) is 23.9 Å². The Morgan fingerprint density at radius 1 is 1.13 bits per heavy atom. The third kappa shape index (κ3) is 6.54. The first kappa shape index (κ1) is 27.6. The molecule has 1 heterocycles. The van der Waals surface area contributed by atoms with Crippen molar-refractivity contribution < 1.29 is 28.2 Å². The molecule has 196 valence electrons. The van der Waals surface area contributed by atoms with Crippen LogP contribution in [0.5, 0.6) is 11.5 Å². The molecule has 4 rings (SSSR count). The summed E-state index contributed by atoms with van der Waals surface area (Å²) in [4.78, 5) is 39.0. The van der Waals surface area contributed by atoms with E-state index in [0.29, 0.717) is 31.9 Å². The van der Waals surface area contributed by atoms with Gasteiger partial charge in [-0.3, -0.25) is 19.3 Å². The number of methoxy groups -OCH3 is 1. The van der Waals surface area contributed by atoms with Gasteiger partial charge in [0.05, 0.1) is 15.6 Å². The number of amides is 3. The topological polar surface area (TPSA) is 84.9 Å². The first-order valence-corrected chi connectivity index (χ1v) is 13.6. The highest BCUT2D eigenvalue weighted by molar-refractivity contribution is 14.1. The molecule has 38 heavy (non-hydrogen) atoms. The van der Waals surface area contributed by atoms with Gasteiger partial charge >= 0.3 is 0 Å². The van der Waals surface area contributed by atoms with Gasteiger partial charge in [0.25, 0.3) is 11.1 Å². The van der Waals surface area contributed by atoms with Gasteiger partial charge in [0.15, 0.2) is 11.5 Å². The van der Waals surface area contributed by atoms with Gasteiger partial charge in [0.2, 0.25) is 5.91 Å². The molecule has 1 aliphatic heterocycles. The molecule has 3 aromatic rings. The molecule has 0 spiro atoms. The van der Waals surface area contributed by atoms with Crippen molar-refractivity contribution in [3.8, 4) is 11.5 Å². The summed E-state index contributed by atoms with van der Waals surface area (Å²) in [5.74, 6) is -0.551. The van der Waals surface area contributed by atoms with E-state index in [1.165, 1.54) is 13.2 Å². The van der Waals surface area contributed by atoms with Crippen molar-refractivity contribution in [2.75, 3.05) is 19.0 Å². The van der Waals surface area contributed by atoms with E-state index in [4.69, 9.17) is 9.47 Å². The fourth-order valence-corrected chi connectivity index (χ4v) is 5.30. The highest BCUT2D eigenvalue weighted by atomic mass is 127. The lowest BCUT2D eigenvalue weighted by atomic mass is 10.1. The number of rotatable bonds is 9. The summed E-state index contributed by atoms with van der Waals surface area (Å²) in [6, 6.07) is 17.2. The average molecular weight is 646 g/mol. The van der Waals surface area contributed by atoms with Crippen molar-refractivity contribution in [1.29, 1.82) is 0 Å². The van der Waals surface area contributed by atoms with Crippen LogP contribution in [-0.2, 0) is 22.6 Å². The van der Waals surface area contributed by atoms with Gasteiger partial charge in [-0.05, 0) is 88.3 Å². The molecule has 1 N–H and O–H groups in total. The zero-order valence-corrected chi connectivity index (χ0v) is 23.6. The molecule has 0 unspecified atom stereocenters. The number of carbonyl (C=O) groups is 3. The maximum Gasteiger partial charge on any atom is 0.294 e. The lowest BCUT2D eigenvalue weighted by Gasteiger charge is -2.14. The third-order valence-electron chi connectivity index (χ3n) is 5.70. The lowest BCUT2D eigenvalue weighted by molar-refractivity contribution is -0.127. The molecular formula is C28H24FIN2O5S. The summed E-state index contributed by atoms with van der Waals surface area (Å²) >= 11 is 2.83. The van der Waals surface area contributed by atoms with Crippen LogP contribution in [0, 0.1) is 9.39 Å². The minimum atomic E-state index is -0.551. The second kappa shape index (κ2) is 12.4. The van der Waals surface area contributed by atoms with Crippen molar-refractivity contribution >= 4 is 63.2 Å². The fraction of sp³-hybridized carbons (Fsp3) is 0.179. The SMILES string of the molecule is CCc1ccc(NC(=O)CN2C(=O)S/C(=C/c3cc(I)c(OCc4ccccc4F)c(OC)c3)C2=O)cc1. The number of hydrogen-bond donors (Lipinski definition) is 1. The number of carbonyl (C=O) groups excluding carboxylic acids is 3. The van der Waals surface area contributed by atoms with E-state index in [9.17, 15) is 18.8 Å². The number of hydrogen-bond acceptors (Lipinski definition) is 6. The van der Waals surface area contributed by atoms with Crippen LogP contribution in [0.1, 0.15) is 23.6 Å². The molecule has 10 heteroatoms.